The number of nitrogens with zero attached hydrogens (tertiary/aromatic N) is 1. The van der Waals surface area contributed by atoms with Crippen molar-refractivity contribution in [3.8, 4) is 0 Å². The third-order valence-electron chi connectivity index (χ3n) is 2.90. The quantitative estimate of drug-likeness (QED) is 0.474. The Morgan fingerprint density at radius 1 is 1.29 bits per heavy atom. The Balaban J connectivity index is 2.18. The van der Waals surface area contributed by atoms with Crippen molar-refractivity contribution in [1.29, 1.82) is 0 Å². The summed E-state index contributed by atoms with van der Waals surface area (Å²) < 4.78 is 6.02. The number of nitro benzene ring substituents is 1. The zero-order valence-corrected chi connectivity index (χ0v) is 12.8. The molecular weight excluding hydrogens is 338 g/mol. The Morgan fingerprint density at radius 3 is 2.67 bits per heavy atom. The summed E-state index contributed by atoms with van der Waals surface area (Å²) in [7, 11) is 0. The fraction of sp³-hybridized carbons (Fsp3) is 0.133. The van der Waals surface area contributed by atoms with Crippen LogP contribution in [0.3, 0.4) is 0 Å². The summed E-state index contributed by atoms with van der Waals surface area (Å²) in [5.41, 5.74) is 0.983. The van der Waals surface area contributed by atoms with Gasteiger partial charge in [0.2, 0.25) is 0 Å². The Morgan fingerprint density at radius 2 is 2.00 bits per heavy atom. The number of ether oxygens (including phenoxy) is 1. The second-order valence-electron chi connectivity index (χ2n) is 4.43. The van der Waals surface area contributed by atoms with Gasteiger partial charge in [-0.25, -0.2) is 4.79 Å². The smallest absolute Gasteiger partial charge is 0.345 e. The first kappa shape index (κ1) is 15.2. The van der Waals surface area contributed by atoms with Crippen LogP contribution < -0.4 is 0 Å². The number of halogens is 1. The molecule has 0 bridgehead atoms. The van der Waals surface area contributed by atoms with Crippen LogP contribution in [0.4, 0.5) is 5.69 Å². The highest BCUT2D eigenvalue weighted by atomic mass is 79.9. The largest absolute Gasteiger partial charge is 0.457 e. The van der Waals surface area contributed by atoms with Gasteiger partial charge in [-0.2, -0.15) is 0 Å². The number of aryl methyl sites for hydroxylation is 1. The molecule has 0 aliphatic carbocycles. The number of esters is 1. The predicted octanol–water partition coefficient (Wildman–Crippen LogP) is 4.02. The van der Waals surface area contributed by atoms with E-state index in [2.05, 4.69) is 15.9 Å². The van der Waals surface area contributed by atoms with Gasteiger partial charge in [0.25, 0.3) is 5.69 Å². The molecule has 0 unspecified atom stereocenters. The number of carbonyl (C=O) groups excluding carboxylic acids is 1. The Labute approximate surface area is 129 Å². The molecule has 0 atom stereocenters. The van der Waals surface area contributed by atoms with Gasteiger partial charge < -0.3 is 4.74 Å². The van der Waals surface area contributed by atoms with Crippen molar-refractivity contribution in [2.45, 2.75) is 13.5 Å². The van der Waals surface area contributed by atoms with E-state index in [1.165, 1.54) is 6.07 Å². The fourth-order valence-electron chi connectivity index (χ4n) is 1.92. The van der Waals surface area contributed by atoms with Gasteiger partial charge >= 0.3 is 5.97 Å². The molecule has 2 aromatic rings. The van der Waals surface area contributed by atoms with Crippen LogP contribution in [0.25, 0.3) is 0 Å². The standard InChI is InChI=1S/C15H12BrNO4/c1-10-4-2-7-13(14(10)17(19)20)15(18)21-9-11-5-3-6-12(16)8-11/h2-8H,9H2,1H3. The first-order valence-electron chi connectivity index (χ1n) is 6.14. The third-order valence-corrected chi connectivity index (χ3v) is 3.39. The first-order chi connectivity index (χ1) is 9.99. The maximum Gasteiger partial charge on any atom is 0.345 e. The van der Waals surface area contributed by atoms with Gasteiger partial charge in [0.15, 0.2) is 0 Å². The molecule has 0 fully saturated rings. The summed E-state index contributed by atoms with van der Waals surface area (Å²) in [5.74, 6) is -0.703. The number of rotatable bonds is 4. The molecule has 0 saturated heterocycles. The fourth-order valence-corrected chi connectivity index (χ4v) is 2.37. The van der Waals surface area contributed by atoms with E-state index < -0.39 is 10.9 Å². The lowest BCUT2D eigenvalue weighted by molar-refractivity contribution is -0.385. The lowest BCUT2D eigenvalue weighted by atomic mass is 10.1. The molecule has 0 amide bonds. The van der Waals surface area contributed by atoms with Gasteiger partial charge in [-0.15, -0.1) is 0 Å². The minimum absolute atomic E-state index is 0.0324. The first-order valence-corrected chi connectivity index (χ1v) is 6.94. The number of benzene rings is 2. The summed E-state index contributed by atoms with van der Waals surface area (Å²) in [6, 6.07) is 11.9. The number of hydrogen-bond acceptors (Lipinski definition) is 4. The van der Waals surface area contributed by atoms with E-state index in [4.69, 9.17) is 4.74 Å². The zero-order valence-electron chi connectivity index (χ0n) is 11.2. The number of hydrogen-bond donors (Lipinski definition) is 0. The molecule has 0 heterocycles. The van der Waals surface area contributed by atoms with Crippen LogP contribution in [-0.2, 0) is 11.3 Å². The van der Waals surface area contributed by atoms with Crippen LogP contribution >= 0.6 is 15.9 Å². The van der Waals surface area contributed by atoms with Crippen LogP contribution in [0, 0.1) is 17.0 Å². The van der Waals surface area contributed by atoms with Crippen LogP contribution in [0.1, 0.15) is 21.5 Å². The Hall–Kier alpha value is -2.21. The molecule has 6 heteroatoms. The van der Waals surface area contributed by atoms with Crippen molar-refractivity contribution in [2.75, 3.05) is 0 Å². The topological polar surface area (TPSA) is 69.4 Å². The number of nitro groups is 1. The molecule has 21 heavy (non-hydrogen) atoms. The normalized spacial score (nSPS) is 10.2. The summed E-state index contributed by atoms with van der Waals surface area (Å²) in [6.45, 7) is 1.65. The molecule has 5 nitrogen and oxygen atoms in total. The maximum absolute atomic E-state index is 12.0. The van der Waals surface area contributed by atoms with E-state index in [1.807, 2.05) is 24.3 Å². The average molecular weight is 350 g/mol. The SMILES string of the molecule is Cc1cccc(C(=O)OCc2cccc(Br)c2)c1[N+](=O)[O-]. The third kappa shape index (κ3) is 3.66. The van der Waals surface area contributed by atoms with E-state index in [-0.39, 0.29) is 17.9 Å². The van der Waals surface area contributed by atoms with Crippen LogP contribution in [0.5, 0.6) is 0 Å². The van der Waals surface area contributed by atoms with E-state index in [1.54, 1.807) is 19.1 Å². The van der Waals surface area contributed by atoms with Gasteiger partial charge in [0, 0.05) is 10.0 Å². The lowest BCUT2D eigenvalue weighted by Gasteiger charge is -2.07. The molecule has 0 radical (unpaired) electrons. The van der Waals surface area contributed by atoms with Crippen LogP contribution in [0.2, 0.25) is 0 Å². The van der Waals surface area contributed by atoms with Crippen LogP contribution in [-0.4, -0.2) is 10.9 Å². The van der Waals surface area contributed by atoms with Gasteiger partial charge in [0.05, 0.1) is 4.92 Å². The molecule has 2 rings (SSSR count). The van der Waals surface area contributed by atoms with Crippen molar-refractivity contribution in [3.05, 3.63) is 73.7 Å². The van der Waals surface area contributed by atoms with Crippen LogP contribution in [0.15, 0.2) is 46.9 Å². The molecule has 0 saturated carbocycles. The van der Waals surface area contributed by atoms with Gasteiger partial charge in [-0.05, 0) is 30.7 Å². The molecule has 0 aromatic heterocycles. The van der Waals surface area contributed by atoms with Gasteiger partial charge in [-0.3, -0.25) is 10.1 Å². The average Bonchev–Trinajstić information content (AvgIpc) is 2.44. The number of carbonyl (C=O) groups is 1. The van der Waals surface area contributed by atoms with Gasteiger partial charge in [0.1, 0.15) is 12.2 Å². The molecule has 2 aromatic carbocycles. The minimum atomic E-state index is -0.703. The minimum Gasteiger partial charge on any atom is -0.457 e. The highest BCUT2D eigenvalue weighted by Crippen LogP contribution is 2.24. The van der Waals surface area contributed by atoms with Crippen molar-refractivity contribution in [1.82, 2.24) is 0 Å². The van der Waals surface area contributed by atoms with Crippen molar-refractivity contribution < 1.29 is 14.5 Å². The zero-order chi connectivity index (χ0) is 15.4. The highest BCUT2D eigenvalue weighted by Gasteiger charge is 2.23. The van der Waals surface area contributed by atoms with E-state index >= 15 is 0 Å². The monoisotopic (exact) mass is 349 g/mol. The van der Waals surface area contributed by atoms with Crippen molar-refractivity contribution >= 4 is 27.6 Å². The summed E-state index contributed by atoms with van der Waals surface area (Å²) >= 11 is 3.32. The summed E-state index contributed by atoms with van der Waals surface area (Å²) in [5, 5.41) is 11.1. The Bertz CT molecular complexity index is 700. The Kier molecular flexibility index (Phi) is 4.70. The second-order valence-corrected chi connectivity index (χ2v) is 5.35. The molecular formula is C15H12BrNO4. The number of para-hydroxylation sites is 1. The molecule has 108 valence electrons. The highest BCUT2D eigenvalue weighted by molar-refractivity contribution is 9.10. The molecule has 0 aliphatic rings. The maximum atomic E-state index is 12.0. The van der Waals surface area contributed by atoms with E-state index in [0.29, 0.717) is 5.56 Å². The van der Waals surface area contributed by atoms with E-state index in [9.17, 15) is 14.9 Å². The predicted molar refractivity (Wildman–Crippen MR) is 81.1 cm³/mol. The molecule has 0 N–H and O–H groups in total. The van der Waals surface area contributed by atoms with E-state index in [0.717, 1.165) is 10.0 Å². The summed E-state index contributed by atoms with van der Waals surface area (Å²) in [4.78, 5) is 22.5. The van der Waals surface area contributed by atoms with Crippen molar-refractivity contribution in [3.63, 3.8) is 0 Å². The van der Waals surface area contributed by atoms with Gasteiger partial charge in [-0.1, -0.05) is 40.2 Å². The molecule has 0 spiro atoms. The molecule has 0 aliphatic heterocycles. The second kappa shape index (κ2) is 6.49. The summed E-state index contributed by atoms with van der Waals surface area (Å²) in [6.07, 6.45) is 0. The van der Waals surface area contributed by atoms with Crippen molar-refractivity contribution in [2.24, 2.45) is 0 Å². The lowest BCUT2D eigenvalue weighted by Crippen LogP contribution is -2.09.